The summed E-state index contributed by atoms with van der Waals surface area (Å²) in [6, 6.07) is 3.07. The van der Waals surface area contributed by atoms with E-state index in [1.54, 1.807) is 6.92 Å². The van der Waals surface area contributed by atoms with Crippen LogP contribution in [0.5, 0.6) is 0 Å². The SMILES string of the molecule is CCC(CC1CC1)NC(=O)c1cc(N)cc(C)c1F. The van der Waals surface area contributed by atoms with Gasteiger partial charge in [-0.15, -0.1) is 0 Å². The maximum absolute atomic E-state index is 13.9. The van der Waals surface area contributed by atoms with Crippen molar-refractivity contribution < 1.29 is 9.18 Å². The summed E-state index contributed by atoms with van der Waals surface area (Å²) in [5.41, 5.74) is 6.54. The zero-order chi connectivity index (χ0) is 14.0. The van der Waals surface area contributed by atoms with E-state index >= 15 is 0 Å². The Balaban J connectivity index is 2.09. The molecule has 1 aliphatic carbocycles. The van der Waals surface area contributed by atoms with Crippen molar-refractivity contribution in [2.45, 2.75) is 45.6 Å². The Morgan fingerprint density at radius 1 is 1.53 bits per heavy atom. The predicted octanol–water partition coefficient (Wildman–Crippen LogP) is 3.02. The van der Waals surface area contributed by atoms with Gasteiger partial charge in [0.2, 0.25) is 0 Å². The van der Waals surface area contributed by atoms with E-state index in [0.29, 0.717) is 11.3 Å². The standard InChI is InChI=1S/C15H21FN2O/c1-3-12(7-10-4-5-10)18-15(19)13-8-11(17)6-9(2)14(13)16/h6,8,10,12H,3-5,7,17H2,1-2H3,(H,18,19). The van der Waals surface area contributed by atoms with Crippen LogP contribution in [-0.2, 0) is 0 Å². The smallest absolute Gasteiger partial charge is 0.254 e. The fraction of sp³-hybridized carbons (Fsp3) is 0.533. The molecule has 3 N–H and O–H groups in total. The van der Waals surface area contributed by atoms with Gasteiger partial charge in [-0.25, -0.2) is 4.39 Å². The zero-order valence-electron chi connectivity index (χ0n) is 11.5. The van der Waals surface area contributed by atoms with Gasteiger partial charge in [0.05, 0.1) is 5.56 Å². The Bertz CT molecular complexity index is 483. The normalized spacial score (nSPS) is 16.2. The number of hydrogen-bond acceptors (Lipinski definition) is 2. The van der Waals surface area contributed by atoms with E-state index in [1.165, 1.54) is 25.0 Å². The van der Waals surface area contributed by atoms with Crippen molar-refractivity contribution in [3.63, 3.8) is 0 Å². The summed E-state index contributed by atoms with van der Waals surface area (Å²) in [7, 11) is 0. The van der Waals surface area contributed by atoms with Crippen LogP contribution in [0.3, 0.4) is 0 Å². The molecule has 19 heavy (non-hydrogen) atoms. The molecular weight excluding hydrogens is 243 g/mol. The van der Waals surface area contributed by atoms with Gasteiger partial charge in [0, 0.05) is 11.7 Å². The van der Waals surface area contributed by atoms with E-state index in [0.717, 1.165) is 18.8 Å². The summed E-state index contributed by atoms with van der Waals surface area (Å²) in [4.78, 5) is 12.1. The van der Waals surface area contributed by atoms with Crippen LogP contribution in [0.1, 0.15) is 48.5 Å². The van der Waals surface area contributed by atoms with Crippen LogP contribution in [0.4, 0.5) is 10.1 Å². The van der Waals surface area contributed by atoms with Crippen molar-refractivity contribution in [3.05, 3.63) is 29.1 Å². The quantitative estimate of drug-likeness (QED) is 0.803. The highest BCUT2D eigenvalue weighted by molar-refractivity contribution is 5.95. The van der Waals surface area contributed by atoms with Gasteiger partial charge >= 0.3 is 0 Å². The van der Waals surface area contributed by atoms with Gasteiger partial charge in [-0.3, -0.25) is 4.79 Å². The monoisotopic (exact) mass is 264 g/mol. The summed E-state index contributed by atoms with van der Waals surface area (Å²) >= 11 is 0. The van der Waals surface area contributed by atoms with Crippen LogP contribution < -0.4 is 11.1 Å². The topological polar surface area (TPSA) is 55.1 Å². The molecule has 1 fully saturated rings. The lowest BCUT2D eigenvalue weighted by Crippen LogP contribution is -2.35. The minimum absolute atomic E-state index is 0.0479. The van der Waals surface area contributed by atoms with Crippen molar-refractivity contribution in [1.82, 2.24) is 5.32 Å². The largest absolute Gasteiger partial charge is 0.399 e. The van der Waals surface area contributed by atoms with Crippen molar-refractivity contribution in [2.24, 2.45) is 5.92 Å². The molecule has 0 saturated heterocycles. The molecule has 3 nitrogen and oxygen atoms in total. The summed E-state index contributed by atoms with van der Waals surface area (Å²) in [6.45, 7) is 3.65. The first-order valence-corrected chi connectivity index (χ1v) is 6.87. The molecule has 1 amide bonds. The zero-order valence-corrected chi connectivity index (χ0v) is 11.5. The van der Waals surface area contributed by atoms with Crippen molar-refractivity contribution in [3.8, 4) is 0 Å². The number of carbonyl (C=O) groups is 1. The molecule has 0 aromatic heterocycles. The Kier molecular flexibility index (Phi) is 4.08. The second kappa shape index (κ2) is 5.59. The molecule has 0 aliphatic heterocycles. The number of benzene rings is 1. The van der Waals surface area contributed by atoms with Crippen molar-refractivity contribution in [2.75, 3.05) is 5.73 Å². The number of aryl methyl sites for hydroxylation is 1. The van der Waals surface area contributed by atoms with E-state index in [9.17, 15) is 9.18 Å². The second-order valence-corrected chi connectivity index (χ2v) is 5.46. The number of nitrogens with one attached hydrogen (secondary N) is 1. The van der Waals surface area contributed by atoms with Gasteiger partial charge in [0.1, 0.15) is 5.82 Å². The number of nitrogen functional groups attached to an aromatic ring is 1. The number of nitrogens with two attached hydrogens (primary N) is 1. The summed E-state index contributed by atoms with van der Waals surface area (Å²) < 4.78 is 13.9. The maximum atomic E-state index is 13.9. The highest BCUT2D eigenvalue weighted by Gasteiger charge is 2.26. The van der Waals surface area contributed by atoms with Crippen LogP contribution in [0.2, 0.25) is 0 Å². The third-order valence-electron chi connectivity index (χ3n) is 3.66. The van der Waals surface area contributed by atoms with Gasteiger partial charge in [0.25, 0.3) is 5.91 Å². The molecule has 0 bridgehead atoms. The lowest BCUT2D eigenvalue weighted by Gasteiger charge is -2.17. The molecule has 104 valence electrons. The van der Waals surface area contributed by atoms with Gasteiger partial charge in [-0.05, 0) is 43.4 Å². The molecule has 2 rings (SSSR count). The molecule has 1 aromatic rings. The van der Waals surface area contributed by atoms with E-state index in [1.807, 2.05) is 6.92 Å². The van der Waals surface area contributed by atoms with Crippen molar-refractivity contribution >= 4 is 11.6 Å². The molecule has 4 heteroatoms. The number of carbonyl (C=O) groups excluding carboxylic acids is 1. The molecule has 1 atom stereocenters. The molecule has 1 saturated carbocycles. The summed E-state index contributed by atoms with van der Waals surface area (Å²) in [5.74, 6) is -0.106. The number of hydrogen-bond donors (Lipinski definition) is 2. The first-order valence-electron chi connectivity index (χ1n) is 6.87. The second-order valence-electron chi connectivity index (χ2n) is 5.46. The lowest BCUT2D eigenvalue weighted by atomic mass is 10.1. The fourth-order valence-corrected chi connectivity index (χ4v) is 2.31. The molecule has 0 radical (unpaired) electrons. The lowest BCUT2D eigenvalue weighted by molar-refractivity contribution is 0.0928. The molecule has 1 unspecified atom stereocenters. The minimum atomic E-state index is -0.479. The highest BCUT2D eigenvalue weighted by Crippen LogP contribution is 2.34. The Labute approximate surface area is 113 Å². The Morgan fingerprint density at radius 2 is 2.21 bits per heavy atom. The molecule has 0 spiro atoms. The maximum Gasteiger partial charge on any atom is 0.254 e. The number of rotatable bonds is 5. The summed E-state index contributed by atoms with van der Waals surface area (Å²) in [5, 5.41) is 2.92. The number of anilines is 1. The fourth-order valence-electron chi connectivity index (χ4n) is 2.31. The van der Waals surface area contributed by atoms with Crippen LogP contribution in [0, 0.1) is 18.7 Å². The Hall–Kier alpha value is -1.58. The third kappa shape index (κ3) is 3.46. The van der Waals surface area contributed by atoms with Crippen LogP contribution in [0.25, 0.3) is 0 Å². The van der Waals surface area contributed by atoms with Crippen LogP contribution in [-0.4, -0.2) is 11.9 Å². The molecule has 1 aliphatic rings. The van der Waals surface area contributed by atoms with E-state index in [-0.39, 0.29) is 17.5 Å². The minimum Gasteiger partial charge on any atom is -0.399 e. The van der Waals surface area contributed by atoms with Crippen LogP contribution >= 0.6 is 0 Å². The van der Waals surface area contributed by atoms with Gasteiger partial charge in [0.15, 0.2) is 0 Å². The Morgan fingerprint density at radius 3 is 2.79 bits per heavy atom. The van der Waals surface area contributed by atoms with Crippen molar-refractivity contribution in [1.29, 1.82) is 0 Å². The third-order valence-corrected chi connectivity index (χ3v) is 3.66. The highest BCUT2D eigenvalue weighted by atomic mass is 19.1. The van der Waals surface area contributed by atoms with Crippen LogP contribution in [0.15, 0.2) is 12.1 Å². The molecule has 1 aromatic carbocycles. The number of amides is 1. The van der Waals surface area contributed by atoms with E-state index < -0.39 is 5.82 Å². The summed E-state index contributed by atoms with van der Waals surface area (Å²) in [6.07, 6.45) is 4.35. The van der Waals surface area contributed by atoms with Gasteiger partial charge in [-0.2, -0.15) is 0 Å². The van der Waals surface area contributed by atoms with Gasteiger partial charge < -0.3 is 11.1 Å². The molecule has 0 heterocycles. The average Bonchev–Trinajstić information content (AvgIpc) is 3.16. The first kappa shape index (κ1) is 13.8. The number of halogens is 1. The van der Waals surface area contributed by atoms with E-state index in [4.69, 9.17) is 5.73 Å². The van der Waals surface area contributed by atoms with Gasteiger partial charge in [-0.1, -0.05) is 19.8 Å². The average molecular weight is 264 g/mol. The molecular formula is C15H21FN2O. The van der Waals surface area contributed by atoms with E-state index in [2.05, 4.69) is 5.32 Å². The predicted molar refractivity (Wildman–Crippen MR) is 74.4 cm³/mol. The first-order chi connectivity index (χ1) is 9.01.